The van der Waals surface area contributed by atoms with Gasteiger partial charge in [-0.25, -0.2) is 9.36 Å². The summed E-state index contributed by atoms with van der Waals surface area (Å²) in [6, 6.07) is 12.5. The van der Waals surface area contributed by atoms with Crippen molar-refractivity contribution in [2.75, 3.05) is 26.2 Å². The van der Waals surface area contributed by atoms with E-state index in [0.717, 1.165) is 23.2 Å². The first-order chi connectivity index (χ1) is 56.9. The molecule has 119 heavy (non-hydrogen) atoms. The number of benzene rings is 4. The van der Waals surface area contributed by atoms with Gasteiger partial charge in [0.05, 0.1) is 59.7 Å². The average Bonchev–Trinajstić information content (AvgIpc) is 1.40. The van der Waals surface area contributed by atoms with Crippen molar-refractivity contribution in [3.05, 3.63) is 164 Å². The third kappa shape index (κ3) is 28.4. The quantitative estimate of drug-likeness (QED) is 0.0128. The van der Waals surface area contributed by atoms with Gasteiger partial charge in [0, 0.05) is 55.9 Å². The molecule has 644 valence electrons. The molecule has 15 atom stereocenters. The van der Waals surface area contributed by atoms with Gasteiger partial charge in [-0.05, 0) is 108 Å². The van der Waals surface area contributed by atoms with Gasteiger partial charge >= 0.3 is 0 Å². The van der Waals surface area contributed by atoms with Crippen molar-refractivity contribution in [2.45, 2.75) is 218 Å². The molecule has 0 radical (unpaired) electrons. The van der Waals surface area contributed by atoms with Crippen molar-refractivity contribution in [3.8, 4) is 0 Å². The van der Waals surface area contributed by atoms with E-state index in [9.17, 15) is 68.4 Å². The van der Waals surface area contributed by atoms with Crippen LogP contribution in [0.25, 0.3) is 10.9 Å². The molecule has 0 aliphatic carbocycles. The predicted octanol–water partition coefficient (Wildman–Crippen LogP) is -3.63. The van der Waals surface area contributed by atoms with Crippen molar-refractivity contribution >= 4 is 111 Å². The maximum Gasteiger partial charge on any atom is 0.280 e. The summed E-state index contributed by atoms with van der Waals surface area (Å²) in [6.45, 7) is 4.69. The highest BCUT2D eigenvalue weighted by molar-refractivity contribution is 8.02. The molecule has 39 heteroatoms. The highest BCUT2D eigenvalue weighted by Gasteiger charge is 2.41. The number of para-hydroxylation sites is 1. The van der Waals surface area contributed by atoms with Gasteiger partial charge in [-0.1, -0.05) is 139 Å². The minimum Gasteiger partial charge on any atom is -0.394 e. The van der Waals surface area contributed by atoms with Gasteiger partial charge in [0.1, 0.15) is 60.1 Å². The molecule has 37 nitrogen and oxygen atoms in total. The Morgan fingerprint density at radius 2 is 0.924 bits per heavy atom. The van der Waals surface area contributed by atoms with Crippen molar-refractivity contribution < 1.29 is 82.8 Å². The molecule has 1 aliphatic heterocycles. The number of nitrogens with zero attached hydrogens (tertiary/aromatic N) is 2. The second-order valence-electron chi connectivity index (χ2n) is 28.6. The predicted molar refractivity (Wildman–Crippen MR) is 441 cm³/mol. The van der Waals surface area contributed by atoms with Gasteiger partial charge in [-0.15, -0.1) is 0 Å². The molecule has 2 aromatic heterocycles. The summed E-state index contributed by atoms with van der Waals surface area (Å²) in [4.78, 5) is 221. The summed E-state index contributed by atoms with van der Waals surface area (Å²) in [6.07, 6.45) is -3.50. The van der Waals surface area contributed by atoms with Gasteiger partial charge in [0.25, 0.3) is 11.1 Å². The number of aromatic nitrogens is 3. The molecular formula is C80H108N18O19S2. The first-order valence-corrected chi connectivity index (χ1v) is 40.9. The lowest BCUT2D eigenvalue weighted by Gasteiger charge is -2.29. The molecule has 0 spiro atoms. The molecular weight excluding hydrogens is 1580 g/mol. The summed E-state index contributed by atoms with van der Waals surface area (Å²) in [5, 5.41) is 77.2. The Kier molecular flexibility index (Phi) is 38.2. The number of amides is 10. The molecule has 0 fully saturated rings. The smallest absolute Gasteiger partial charge is 0.280 e. The number of carbonyl (C=O) groups excluding carboxylic acids is 13. The van der Waals surface area contributed by atoms with Crippen molar-refractivity contribution in [3.63, 3.8) is 0 Å². The van der Waals surface area contributed by atoms with Crippen LogP contribution in [-0.4, -0.2) is 228 Å². The van der Waals surface area contributed by atoms with Crippen LogP contribution in [0.4, 0.5) is 0 Å². The summed E-state index contributed by atoms with van der Waals surface area (Å²) in [5.41, 5.74) is 14.6. The van der Waals surface area contributed by atoms with Gasteiger partial charge < -0.3 is 95.3 Å². The monoisotopic (exact) mass is 1690 g/mol. The number of aromatic amines is 1. The van der Waals surface area contributed by atoms with Crippen LogP contribution < -0.4 is 92.1 Å². The number of rotatable bonds is 28. The highest BCUT2D eigenvalue weighted by Crippen LogP contribution is 2.30. The fraction of sp³-hybridized carbons (Fsp3) is 0.463. The van der Waals surface area contributed by atoms with Crippen LogP contribution in [0.5, 0.6) is 0 Å². The van der Waals surface area contributed by atoms with E-state index in [0.29, 0.717) is 51.2 Å². The topological polar surface area (TPSA) is 585 Å². The largest absolute Gasteiger partial charge is 0.394 e. The first kappa shape index (κ1) is 95.3. The Bertz CT molecular complexity index is 4600. The number of primary amides is 1. The summed E-state index contributed by atoms with van der Waals surface area (Å²) in [7, 11) is 0. The van der Waals surface area contributed by atoms with Crippen LogP contribution in [0.2, 0.25) is 0 Å². The lowest BCUT2D eigenvalue weighted by molar-refractivity contribution is -0.143. The maximum absolute atomic E-state index is 15.5. The minimum atomic E-state index is -2.14. The molecule has 0 saturated carbocycles. The SMILES string of the molecule is CCn1c(=O)c2c(c(=O)n1CC)SC(NCC(=O)NC(C)C=O)N[C@@H](CCCCN)C(=O)N[C@@H](CC(N)=O)C(=O)N[C@@H](Cc1ccccc1)C(=O)N[C@@H](Cc1ccccc1)C(=O)N[C@@H](Cc1c[nH]c3ccccc13)C(=O)N[C@@H](CCCCN)C(=O)C(=O)[C@H]([C@@H](C)O)NC(=O)[C@H](Cc1ccccc1)NC(=O)[C@H]([C@@H](C)O)NC(=O)[C@H](CO)NC(O)S2. The highest BCUT2D eigenvalue weighted by atomic mass is 32.2. The van der Waals surface area contributed by atoms with Crippen molar-refractivity contribution in [1.82, 2.24) is 78.1 Å². The van der Waals surface area contributed by atoms with E-state index >= 15 is 24.0 Å². The standard InChI is InChI=1S/C80H108N18O19S2/c1-6-97-77(115)67-68(78(116)98(97)7-2)119-80(117)94-60(43-100)75(113)96-64(46(5)102)76(114)92-57(37-49-27-15-10-16-28-49)74(112)95-63(45(4)101)66(106)65(105)53(31-19-21-33-81)87-72(110)58(38-50-40-84-52-30-18-17-29-51(50)52)90-71(109)56(36-48-25-13-9-14-26-48)88-70(108)55(35-47-23-11-8-12-24-47)89-73(111)59(39-61(83)103)91-69(107)54(32-20-22-34-82)93-79(118-67)85-41-62(104)86-44(3)42-99/h8-18,23-30,40,42,44-46,53-60,63-64,79-80,84-85,93-94,100-102,117H,6-7,19-22,31-39,41,43,81-82H2,1-5H3,(H2,83,103)(H,86,104)(H,87,110)(H,88,108)(H,89,111)(H,90,109)(H,91,107)(H,92,114)(H,95,112)(H,96,113)/t44?,45-,46-,53+,54+,55+,56+,57+,58+,59+,60+,63+,64+,79?,80?/m1/s1. The van der Waals surface area contributed by atoms with Crippen molar-refractivity contribution in [1.29, 1.82) is 0 Å². The number of H-pyrrole nitrogens is 1. The van der Waals surface area contributed by atoms with E-state index < -0.39 is 201 Å². The van der Waals surface area contributed by atoms with E-state index in [1.54, 1.807) is 128 Å². The molecule has 0 saturated heterocycles. The summed E-state index contributed by atoms with van der Waals surface area (Å²) < 4.78 is 2.09. The van der Waals surface area contributed by atoms with Crippen molar-refractivity contribution in [2.24, 2.45) is 17.2 Å². The zero-order valence-corrected chi connectivity index (χ0v) is 68.3. The fourth-order valence-electron chi connectivity index (χ4n) is 13.1. The Morgan fingerprint density at radius 3 is 1.40 bits per heavy atom. The Hall–Kier alpha value is -10.8. The molecule has 4 aromatic carbocycles. The minimum absolute atomic E-state index is 0.0874. The number of thioether (sulfide) groups is 2. The molecule has 3 heterocycles. The molecule has 23 N–H and O–H groups in total. The van der Waals surface area contributed by atoms with Crippen LogP contribution in [0, 0.1) is 0 Å². The second kappa shape index (κ2) is 47.7. The number of hydrogen-bond donors (Lipinski definition) is 20. The zero-order valence-electron chi connectivity index (χ0n) is 66.7. The lowest BCUT2D eigenvalue weighted by Crippen LogP contribution is -2.62. The first-order valence-electron chi connectivity index (χ1n) is 39.2. The number of carbonyl (C=O) groups is 13. The van der Waals surface area contributed by atoms with E-state index in [1.165, 1.54) is 13.8 Å². The van der Waals surface area contributed by atoms with Gasteiger partial charge in [-0.2, -0.15) is 0 Å². The number of aliphatic hydroxyl groups excluding tert-OH is 4. The Morgan fingerprint density at radius 1 is 0.504 bits per heavy atom. The molecule has 7 rings (SSSR count). The van der Waals surface area contributed by atoms with E-state index in [-0.39, 0.29) is 102 Å². The lowest BCUT2D eigenvalue weighted by atomic mass is 9.94. The number of nitrogens with two attached hydrogens (primary N) is 3. The Labute approximate surface area is 694 Å². The molecule has 3 unspecified atom stereocenters. The maximum atomic E-state index is 15.5. The van der Waals surface area contributed by atoms with Gasteiger partial charge in [-0.3, -0.25) is 83.1 Å². The molecule has 1 aliphatic rings. The van der Waals surface area contributed by atoms with Gasteiger partial charge in [0.15, 0.2) is 5.56 Å². The second-order valence-corrected chi connectivity index (χ2v) is 30.8. The van der Waals surface area contributed by atoms with Crippen LogP contribution in [-0.2, 0) is 101 Å². The Balaban J connectivity index is 1.40. The molecule has 0 bridgehead atoms. The van der Waals surface area contributed by atoms with Crippen LogP contribution in [0.1, 0.15) is 102 Å². The summed E-state index contributed by atoms with van der Waals surface area (Å²) in [5.74, 6) is -13.7. The number of aliphatic hydroxyl groups is 4. The third-order valence-electron chi connectivity index (χ3n) is 19.4. The number of nitrogens with one attached hydrogen (secondary N) is 13. The van der Waals surface area contributed by atoms with Crippen LogP contribution in [0.3, 0.4) is 0 Å². The average molecular weight is 1690 g/mol. The number of ketones is 2. The summed E-state index contributed by atoms with van der Waals surface area (Å²) >= 11 is 0.776. The zero-order chi connectivity index (χ0) is 87.0. The number of Topliss-reactive ketones (excluding diaryl/α,β-unsaturated/α-hetero) is 2. The molecule has 6 aromatic rings. The molecule has 10 amide bonds. The normalized spacial score (nSPS) is 23.2. The fourth-order valence-corrected chi connectivity index (χ4v) is 15.3. The van der Waals surface area contributed by atoms with Crippen LogP contribution in [0.15, 0.2) is 141 Å². The number of unbranched alkanes of at least 4 members (excludes halogenated alkanes) is 2. The number of aldehydes is 1. The number of fused-ring (bicyclic) bond motifs is 2. The van der Waals surface area contributed by atoms with Crippen LogP contribution >= 0.6 is 23.5 Å². The third-order valence-corrected chi connectivity index (χ3v) is 21.6. The van der Waals surface area contributed by atoms with E-state index in [2.05, 4.69) is 68.8 Å². The number of hydrogen-bond acceptors (Lipinski definition) is 26. The van der Waals surface area contributed by atoms with E-state index in [1.807, 2.05) is 0 Å². The van der Waals surface area contributed by atoms with Gasteiger partial charge in [0.2, 0.25) is 70.6 Å². The van der Waals surface area contributed by atoms with E-state index in [4.69, 9.17) is 17.2 Å².